The summed E-state index contributed by atoms with van der Waals surface area (Å²) in [5.74, 6) is 0. The van der Waals surface area contributed by atoms with Gasteiger partial charge < -0.3 is 24.5 Å². The third-order valence-corrected chi connectivity index (χ3v) is 11.5. The first kappa shape index (κ1) is 28.4. The lowest BCUT2D eigenvalue weighted by Crippen LogP contribution is -2.67. The summed E-state index contributed by atoms with van der Waals surface area (Å²) in [7, 11) is -2.70. The van der Waals surface area contributed by atoms with Crippen LogP contribution in [0.3, 0.4) is 0 Å². The van der Waals surface area contributed by atoms with Crippen LogP contribution >= 0.6 is 0 Å². The molecule has 1 saturated heterocycles. The maximum atomic E-state index is 13.0. The molecule has 0 aliphatic carbocycles. The van der Waals surface area contributed by atoms with Gasteiger partial charge in [0.25, 0.3) is 8.32 Å². The Hall–Kier alpha value is -2.19. The van der Waals surface area contributed by atoms with Gasteiger partial charge in [-0.3, -0.25) is 0 Å². The molecule has 0 spiro atoms. The smallest absolute Gasteiger partial charge is 0.410 e. The van der Waals surface area contributed by atoms with E-state index in [4.69, 9.17) is 19.6 Å². The van der Waals surface area contributed by atoms with Crippen LogP contribution in [0.2, 0.25) is 5.04 Å². The molecule has 198 valence electrons. The number of hydrogen-bond acceptors (Lipinski definition) is 5. The highest BCUT2D eigenvalue weighted by Gasteiger charge is 2.50. The van der Waals surface area contributed by atoms with E-state index in [-0.39, 0.29) is 23.3 Å². The van der Waals surface area contributed by atoms with Gasteiger partial charge in [0.15, 0.2) is 0 Å². The van der Waals surface area contributed by atoms with E-state index < -0.39 is 13.9 Å². The number of carbonyl (C=O) groups excluding carboxylic acids is 1. The number of hydrogen-bond donors (Lipinski definition) is 1. The van der Waals surface area contributed by atoms with Crippen LogP contribution < -0.4 is 16.1 Å². The SMILES string of the molecule is CC(C)(C)OC(=O)N1CC(CCCN)O[C@H](CO[Si](c2ccccc2)(c2ccccc2)C(C)(C)C)C1. The lowest BCUT2D eigenvalue weighted by molar-refractivity contribution is -0.103. The first-order chi connectivity index (χ1) is 17.0. The van der Waals surface area contributed by atoms with Crippen LogP contribution in [0.4, 0.5) is 4.79 Å². The zero-order valence-corrected chi connectivity index (χ0v) is 23.8. The minimum absolute atomic E-state index is 0.0948. The first-order valence-corrected chi connectivity index (χ1v) is 15.0. The Morgan fingerprint density at radius 1 is 0.944 bits per heavy atom. The number of benzene rings is 2. The molecule has 1 aliphatic rings. The van der Waals surface area contributed by atoms with E-state index in [1.165, 1.54) is 10.4 Å². The van der Waals surface area contributed by atoms with Crippen LogP contribution in [-0.4, -0.2) is 63.4 Å². The summed E-state index contributed by atoms with van der Waals surface area (Å²) >= 11 is 0. The van der Waals surface area contributed by atoms with Crippen molar-refractivity contribution in [3.63, 3.8) is 0 Å². The molecule has 7 heteroatoms. The summed E-state index contributed by atoms with van der Waals surface area (Å²) in [6.45, 7) is 14.4. The lowest BCUT2D eigenvalue weighted by Gasteiger charge is -2.45. The largest absolute Gasteiger partial charge is 0.444 e. The molecule has 2 aromatic carbocycles. The number of rotatable bonds is 8. The average molecular weight is 513 g/mol. The normalized spacial score (nSPS) is 19.2. The Balaban J connectivity index is 1.91. The molecule has 0 radical (unpaired) electrons. The third-order valence-electron chi connectivity index (χ3n) is 6.52. The minimum Gasteiger partial charge on any atom is -0.444 e. The van der Waals surface area contributed by atoms with Crippen molar-refractivity contribution in [2.75, 3.05) is 26.2 Å². The quantitative estimate of drug-likeness (QED) is 0.534. The molecule has 1 aliphatic heterocycles. The fourth-order valence-corrected chi connectivity index (χ4v) is 9.57. The maximum absolute atomic E-state index is 13.0. The van der Waals surface area contributed by atoms with Crippen molar-refractivity contribution in [1.29, 1.82) is 0 Å². The highest BCUT2D eigenvalue weighted by molar-refractivity contribution is 6.99. The summed E-state index contributed by atoms with van der Waals surface area (Å²) in [4.78, 5) is 14.7. The summed E-state index contributed by atoms with van der Waals surface area (Å²) in [6, 6.07) is 21.2. The van der Waals surface area contributed by atoms with Crippen LogP contribution in [0, 0.1) is 0 Å². The Labute approximate surface area is 218 Å². The van der Waals surface area contributed by atoms with Crippen LogP contribution in [0.25, 0.3) is 0 Å². The molecule has 1 fully saturated rings. The monoisotopic (exact) mass is 512 g/mol. The van der Waals surface area contributed by atoms with Gasteiger partial charge in [-0.15, -0.1) is 0 Å². The van der Waals surface area contributed by atoms with Crippen molar-refractivity contribution in [3.8, 4) is 0 Å². The zero-order chi connectivity index (χ0) is 26.4. The van der Waals surface area contributed by atoms with Crippen LogP contribution in [0.5, 0.6) is 0 Å². The number of nitrogens with zero attached hydrogens (tertiary/aromatic N) is 1. The summed E-state index contributed by atoms with van der Waals surface area (Å²) in [6.07, 6.45) is 0.984. The van der Waals surface area contributed by atoms with Gasteiger partial charge in [-0.2, -0.15) is 0 Å². The molecule has 1 amide bonds. The van der Waals surface area contributed by atoms with Crippen molar-refractivity contribution in [2.45, 2.75) is 77.2 Å². The summed E-state index contributed by atoms with van der Waals surface area (Å²) in [5.41, 5.74) is 5.22. The lowest BCUT2D eigenvalue weighted by atomic mass is 10.1. The molecule has 0 aromatic heterocycles. The second-order valence-corrected chi connectivity index (χ2v) is 16.0. The summed E-state index contributed by atoms with van der Waals surface area (Å²) < 4.78 is 19.3. The Morgan fingerprint density at radius 3 is 1.94 bits per heavy atom. The predicted octanol–water partition coefficient (Wildman–Crippen LogP) is 4.31. The number of ether oxygens (including phenoxy) is 2. The molecule has 2 aromatic rings. The standard InChI is InChI=1S/C29H44N2O4Si/c1-28(2,3)35-27(32)31-20-23(14-13-19-30)34-24(21-31)22-33-36(29(4,5)6,25-15-9-7-10-16-25)26-17-11-8-12-18-26/h7-12,15-18,23-24H,13-14,19-22,30H2,1-6H3/t23?,24-/m0/s1. The minimum atomic E-state index is -2.70. The highest BCUT2D eigenvalue weighted by Crippen LogP contribution is 2.37. The molecular formula is C29H44N2O4Si. The zero-order valence-electron chi connectivity index (χ0n) is 22.8. The van der Waals surface area contributed by atoms with E-state index in [9.17, 15) is 4.79 Å². The number of morpholine rings is 1. The third kappa shape index (κ3) is 6.97. The Kier molecular flexibility index (Phi) is 9.38. The van der Waals surface area contributed by atoms with Crippen molar-refractivity contribution >= 4 is 24.8 Å². The van der Waals surface area contributed by atoms with E-state index in [1.54, 1.807) is 4.90 Å². The molecule has 2 atom stereocenters. The number of amides is 1. The van der Waals surface area contributed by atoms with E-state index in [0.29, 0.717) is 26.2 Å². The molecule has 3 rings (SSSR count). The second-order valence-electron chi connectivity index (χ2n) is 11.7. The highest BCUT2D eigenvalue weighted by atomic mass is 28.4. The number of carbonyl (C=O) groups is 1. The van der Waals surface area contributed by atoms with E-state index in [0.717, 1.165) is 12.8 Å². The van der Waals surface area contributed by atoms with E-state index in [1.807, 2.05) is 32.9 Å². The molecule has 6 nitrogen and oxygen atoms in total. The number of nitrogens with two attached hydrogens (primary N) is 1. The van der Waals surface area contributed by atoms with Crippen molar-refractivity contribution < 1.29 is 18.7 Å². The second kappa shape index (κ2) is 11.9. The molecule has 0 saturated carbocycles. The van der Waals surface area contributed by atoms with Crippen molar-refractivity contribution in [1.82, 2.24) is 4.90 Å². The molecule has 1 unspecified atom stereocenters. The van der Waals surface area contributed by atoms with Gasteiger partial charge in [0.1, 0.15) is 5.60 Å². The van der Waals surface area contributed by atoms with Gasteiger partial charge >= 0.3 is 6.09 Å². The molecule has 2 N–H and O–H groups in total. The van der Waals surface area contributed by atoms with Gasteiger partial charge in [-0.05, 0) is 55.6 Å². The Bertz CT molecular complexity index is 917. The molecule has 36 heavy (non-hydrogen) atoms. The molecule has 0 bridgehead atoms. The van der Waals surface area contributed by atoms with Crippen LogP contribution in [-0.2, 0) is 13.9 Å². The average Bonchev–Trinajstić information content (AvgIpc) is 2.82. The van der Waals surface area contributed by atoms with E-state index >= 15 is 0 Å². The maximum Gasteiger partial charge on any atom is 0.410 e. The van der Waals surface area contributed by atoms with Gasteiger partial charge in [0.05, 0.1) is 31.9 Å². The van der Waals surface area contributed by atoms with Gasteiger partial charge in [0.2, 0.25) is 0 Å². The van der Waals surface area contributed by atoms with Crippen LogP contribution in [0.1, 0.15) is 54.4 Å². The molecule has 1 heterocycles. The Morgan fingerprint density at radius 2 is 1.47 bits per heavy atom. The van der Waals surface area contributed by atoms with Crippen molar-refractivity contribution in [3.05, 3.63) is 60.7 Å². The van der Waals surface area contributed by atoms with E-state index in [2.05, 4.69) is 69.3 Å². The summed E-state index contributed by atoms with van der Waals surface area (Å²) in [5, 5.41) is 2.32. The first-order valence-electron chi connectivity index (χ1n) is 13.0. The predicted molar refractivity (Wildman–Crippen MR) is 148 cm³/mol. The van der Waals surface area contributed by atoms with Gasteiger partial charge in [-0.1, -0.05) is 81.4 Å². The van der Waals surface area contributed by atoms with Gasteiger partial charge in [0, 0.05) is 0 Å². The van der Waals surface area contributed by atoms with Crippen LogP contribution in [0.15, 0.2) is 60.7 Å². The topological polar surface area (TPSA) is 74.0 Å². The fraction of sp³-hybridized carbons (Fsp3) is 0.552. The fourth-order valence-electron chi connectivity index (χ4n) is 4.98. The van der Waals surface area contributed by atoms with Gasteiger partial charge in [-0.25, -0.2) is 4.79 Å². The molecular weight excluding hydrogens is 468 g/mol. The van der Waals surface area contributed by atoms with Crippen molar-refractivity contribution in [2.24, 2.45) is 5.73 Å².